The molecule has 124 valence electrons. The van der Waals surface area contributed by atoms with Crippen molar-refractivity contribution in [2.75, 3.05) is 0 Å². The molecule has 3 rings (SSSR count). The molecule has 1 fully saturated rings. The van der Waals surface area contributed by atoms with Gasteiger partial charge in [0.2, 0.25) is 0 Å². The summed E-state index contributed by atoms with van der Waals surface area (Å²) >= 11 is 5.40. The Kier molecular flexibility index (Phi) is 5.90. The van der Waals surface area contributed by atoms with Gasteiger partial charge in [0.25, 0.3) is 0 Å². The molecule has 1 heterocycles. The maximum absolute atomic E-state index is 5.40. The summed E-state index contributed by atoms with van der Waals surface area (Å²) in [5.41, 5.74) is 5.60. The maximum Gasteiger partial charge on any atom is 0.187 e. The number of hydrazone groups is 1. The molecule has 1 aliphatic rings. The van der Waals surface area contributed by atoms with Crippen LogP contribution >= 0.6 is 12.2 Å². The lowest BCUT2D eigenvalue weighted by atomic mass is 9.96. The summed E-state index contributed by atoms with van der Waals surface area (Å²) in [5.74, 6) is 0. The Labute approximate surface area is 148 Å². The molecular formula is C19H22N4S. The molecule has 0 radical (unpaired) electrons. The standard InChI is InChI=1S/C19H22N4S/c24-19(21-16-11-5-2-6-12-16)23-22-18(15-9-3-1-4-10-15)17-13-7-8-14-20-17/h1,3-4,7-10,13-14,16H,2,5-6,11-12H2,(H2,21,23,24)/b22-18-. The summed E-state index contributed by atoms with van der Waals surface area (Å²) in [6, 6.07) is 16.3. The van der Waals surface area contributed by atoms with Crippen LogP contribution < -0.4 is 10.7 Å². The van der Waals surface area contributed by atoms with E-state index in [1.165, 1.54) is 32.1 Å². The van der Waals surface area contributed by atoms with E-state index in [4.69, 9.17) is 12.2 Å². The molecule has 1 saturated carbocycles. The van der Waals surface area contributed by atoms with E-state index < -0.39 is 0 Å². The topological polar surface area (TPSA) is 49.3 Å². The van der Waals surface area contributed by atoms with E-state index >= 15 is 0 Å². The summed E-state index contributed by atoms with van der Waals surface area (Å²) in [6.07, 6.45) is 7.99. The van der Waals surface area contributed by atoms with Gasteiger partial charge < -0.3 is 5.32 Å². The molecule has 0 saturated heterocycles. The summed E-state index contributed by atoms with van der Waals surface area (Å²) in [6.45, 7) is 0. The highest BCUT2D eigenvalue weighted by Gasteiger charge is 2.14. The molecular weight excluding hydrogens is 316 g/mol. The van der Waals surface area contributed by atoms with E-state index in [9.17, 15) is 0 Å². The number of hydrogen-bond acceptors (Lipinski definition) is 3. The van der Waals surface area contributed by atoms with Gasteiger partial charge in [0.05, 0.1) is 5.69 Å². The Hall–Kier alpha value is -2.27. The zero-order valence-electron chi connectivity index (χ0n) is 13.6. The molecule has 1 aromatic heterocycles. The highest BCUT2D eigenvalue weighted by Crippen LogP contribution is 2.17. The van der Waals surface area contributed by atoms with Crippen molar-refractivity contribution in [3.63, 3.8) is 0 Å². The van der Waals surface area contributed by atoms with Crippen LogP contribution in [0.5, 0.6) is 0 Å². The third kappa shape index (κ3) is 4.61. The van der Waals surface area contributed by atoms with Gasteiger partial charge in [-0.15, -0.1) is 0 Å². The normalized spacial score (nSPS) is 15.8. The number of hydrogen-bond donors (Lipinski definition) is 2. The molecule has 0 amide bonds. The van der Waals surface area contributed by atoms with Crippen molar-refractivity contribution in [2.45, 2.75) is 38.1 Å². The van der Waals surface area contributed by atoms with Gasteiger partial charge in [-0.25, -0.2) is 0 Å². The number of nitrogens with one attached hydrogen (secondary N) is 2. The van der Waals surface area contributed by atoms with Crippen LogP contribution in [0, 0.1) is 0 Å². The molecule has 2 N–H and O–H groups in total. The van der Waals surface area contributed by atoms with Crippen LogP contribution in [0.25, 0.3) is 0 Å². The Bertz CT molecular complexity index is 638. The van der Waals surface area contributed by atoms with Gasteiger partial charge in [-0.1, -0.05) is 55.7 Å². The number of thiocarbonyl (C=S) groups is 1. The fourth-order valence-electron chi connectivity index (χ4n) is 2.94. The van der Waals surface area contributed by atoms with E-state index in [-0.39, 0.29) is 0 Å². The molecule has 0 atom stereocenters. The smallest absolute Gasteiger partial charge is 0.187 e. The fourth-order valence-corrected chi connectivity index (χ4v) is 3.15. The van der Waals surface area contributed by atoms with Crippen molar-refractivity contribution in [3.8, 4) is 0 Å². The van der Waals surface area contributed by atoms with Crippen LogP contribution in [0.1, 0.15) is 43.4 Å². The summed E-state index contributed by atoms with van der Waals surface area (Å²) in [7, 11) is 0. The minimum absolute atomic E-state index is 0.462. The summed E-state index contributed by atoms with van der Waals surface area (Å²) in [5, 5.41) is 8.48. The molecule has 4 nitrogen and oxygen atoms in total. The van der Waals surface area contributed by atoms with Crippen molar-refractivity contribution in [1.82, 2.24) is 15.7 Å². The lowest BCUT2D eigenvalue weighted by molar-refractivity contribution is 0.412. The average Bonchev–Trinajstić information content (AvgIpc) is 2.64. The number of pyridine rings is 1. The van der Waals surface area contributed by atoms with Crippen LogP contribution in [0.3, 0.4) is 0 Å². The molecule has 0 bridgehead atoms. The maximum atomic E-state index is 5.40. The molecule has 5 heteroatoms. The van der Waals surface area contributed by atoms with Crippen LogP contribution in [-0.2, 0) is 0 Å². The van der Waals surface area contributed by atoms with Crippen LogP contribution in [0.4, 0.5) is 0 Å². The Morgan fingerprint density at radius 3 is 2.46 bits per heavy atom. The van der Waals surface area contributed by atoms with Gasteiger partial charge in [-0.3, -0.25) is 10.4 Å². The number of rotatable bonds is 4. The first-order valence-electron chi connectivity index (χ1n) is 8.44. The first-order chi connectivity index (χ1) is 11.8. The first-order valence-corrected chi connectivity index (χ1v) is 8.85. The zero-order chi connectivity index (χ0) is 16.6. The molecule has 2 aromatic rings. The predicted molar refractivity (Wildman–Crippen MR) is 102 cm³/mol. The highest BCUT2D eigenvalue weighted by molar-refractivity contribution is 7.80. The zero-order valence-corrected chi connectivity index (χ0v) is 14.4. The second kappa shape index (κ2) is 8.55. The van der Waals surface area contributed by atoms with Crippen molar-refractivity contribution in [3.05, 3.63) is 66.0 Å². The third-order valence-electron chi connectivity index (χ3n) is 4.16. The second-order valence-electron chi connectivity index (χ2n) is 5.96. The minimum Gasteiger partial charge on any atom is -0.359 e. The van der Waals surface area contributed by atoms with Crippen LogP contribution in [0.15, 0.2) is 59.8 Å². The van der Waals surface area contributed by atoms with E-state index in [2.05, 4.69) is 20.8 Å². The molecule has 1 aromatic carbocycles. The third-order valence-corrected chi connectivity index (χ3v) is 4.37. The summed E-state index contributed by atoms with van der Waals surface area (Å²) in [4.78, 5) is 4.41. The minimum atomic E-state index is 0.462. The number of aromatic nitrogens is 1. The van der Waals surface area contributed by atoms with Crippen molar-refractivity contribution >= 4 is 23.0 Å². The summed E-state index contributed by atoms with van der Waals surface area (Å²) < 4.78 is 0. The van der Waals surface area contributed by atoms with Gasteiger partial charge in [0.15, 0.2) is 5.11 Å². The van der Waals surface area contributed by atoms with E-state index in [0.29, 0.717) is 11.2 Å². The second-order valence-corrected chi connectivity index (χ2v) is 6.37. The SMILES string of the molecule is S=C(N/N=C(/c1ccccc1)c1ccccn1)NC1CCCCC1. The monoisotopic (exact) mass is 338 g/mol. The molecule has 0 spiro atoms. The Morgan fingerprint density at radius 2 is 1.75 bits per heavy atom. The lowest BCUT2D eigenvalue weighted by Crippen LogP contribution is -2.41. The van der Waals surface area contributed by atoms with Gasteiger partial charge in [0, 0.05) is 17.8 Å². The fraction of sp³-hybridized carbons (Fsp3) is 0.316. The molecule has 0 unspecified atom stereocenters. The van der Waals surface area contributed by atoms with E-state index in [1.807, 2.05) is 48.5 Å². The van der Waals surface area contributed by atoms with E-state index in [1.54, 1.807) is 6.20 Å². The van der Waals surface area contributed by atoms with Crippen LogP contribution in [0.2, 0.25) is 0 Å². The molecule has 1 aliphatic carbocycles. The lowest BCUT2D eigenvalue weighted by Gasteiger charge is -2.23. The van der Waals surface area contributed by atoms with Crippen molar-refractivity contribution < 1.29 is 0 Å². The molecule has 0 aliphatic heterocycles. The van der Waals surface area contributed by atoms with Crippen molar-refractivity contribution in [1.29, 1.82) is 0 Å². The largest absolute Gasteiger partial charge is 0.359 e. The highest BCUT2D eigenvalue weighted by atomic mass is 32.1. The van der Waals surface area contributed by atoms with Gasteiger partial charge >= 0.3 is 0 Å². The molecule has 24 heavy (non-hydrogen) atoms. The van der Waals surface area contributed by atoms with E-state index in [0.717, 1.165) is 17.0 Å². The first kappa shape index (κ1) is 16.6. The van der Waals surface area contributed by atoms with Gasteiger partial charge in [0.1, 0.15) is 5.71 Å². The van der Waals surface area contributed by atoms with Gasteiger partial charge in [-0.05, 0) is 37.2 Å². The Morgan fingerprint density at radius 1 is 1.00 bits per heavy atom. The van der Waals surface area contributed by atoms with Crippen LogP contribution in [-0.4, -0.2) is 21.8 Å². The Balaban J connectivity index is 1.73. The predicted octanol–water partition coefficient (Wildman–Crippen LogP) is 3.63. The van der Waals surface area contributed by atoms with Crippen molar-refractivity contribution in [2.24, 2.45) is 5.10 Å². The average molecular weight is 338 g/mol. The van der Waals surface area contributed by atoms with Gasteiger partial charge in [-0.2, -0.15) is 5.10 Å². The number of nitrogens with zero attached hydrogens (tertiary/aromatic N) is 2. The number of benzene rings is 1. The quantitative estimate of drug-likeness (QED) is 0.508.